The number of benzene rings is 2. The number of halogens is 2. The average Bonchev–Trinajstić information content (AvgIpc) is 3.13. The van der Waals surface area contributed by atoms with Crippen molar-refractivity contribution in [3.63, 3.8) is 0 Å². The molecule has 0 fully saturated rings. The van der Waals surface area contributed by atoms with Crippen molar-refractivity contribution in [2.24, 2.45) is 5.10 Å². The molecule has 0 spiro atoms. The molecule has 1 amide bonds. The number of nitrogens with one attached hydrogen (secondary N) is 1. The van der Waals surface area contributed by atoms with Gasteiger partial charge < -0.3 is 4.42 Å². The maximum absolute atomic E-state index is 12.0. The van der Waals surface area contributed by atoms with Gasteiger partial charge in [-0.05, 0) is 24.3 Å². The van der Waals surface area contributed by atoms with Crippen molar-refractivity contribution in [2.45, 2.75) is 6.42 Å². The Morgan fingerprint density at radius 2 is 1.93 bits per heavy atom. The number of nitro groups is 1. The number of hydrogen-bond donors (Lipinski definition) is 1. The summed E-state index contributed by atoms with van der Waals surface area (Å²) in [4.78, 5) is 22.4. The Kier molecular flexibility index (Phi) is 6.08. The third-order valence-corrected chi connectivity index (χ3v) is 4.58. The quantitative estimate of drug-likeness (QED) is 0.351. The van der Waals surface area contributed by atoms with Gasteiger partial charge in [0.25, 0.3) is 5.69 Å². The molecule has 0 saturated heterocycles. The number of nitro benzene ring substituents is 1. The van der Waals surface area contributed by atoms with E-state index in [1.54, 1.807) is 42.5 Å². The van der Waals surface area contributed by atoms with E-state index in [2.05, 4.69) is 10.5 Å². The van der Waals surface area contributed by atoms with E-state index in [0.717, 1.165) is 0 Å². The lowest BCUT2D eigenvalue weighted by atomic mass is 10.1. The summed E-state index contributed by atoms with van der Waals surface area (Å²) in [5, 5.41) is 15.6. The largest absolute Gasteiger partial charge is 0.455 e. The number of para-hydroxylation sites is 1. The van der Waals surface area contributed by atoms with E-state index < -0.39 is 10.8 Å². The summed E-state index contributed by atoms with van der Waals surface area (Å²) in [6, 6.07) is 14.6. The van der Waals surface area contributed by atoms with Gasteiger partial charge in [0.2, 0.25) is 5.91 Å². The zero-order chi connectivity index (χ0) is 20.1. The van der Waals surface area contributed by atoms with E-state index >= 15 is 0 Å². The molecule has 0 bridgehead atoms. The van der Waals surface area contributed by atoms with E-state index in [9.17, 15) is 14.9 Å². The molecule has 0 saturated carbocycles. The standard InChI is InChI=1S/C19H13Cl2N3O4/c20-15-6-3-5-14(19(15)21)17-9-8-13(28-17)11-22-23-18(25)10-12-4-1-2-7-16(12)24(26)27/h1-9,11H,10H2,(H,23,25). The number of furan rings is 1. The number of carbonyl (C=O) groups is 1. The van der Waals surface area contributed by atoms with Gasteiger partial charge in [-0.1, -0.05) is 47.5 Å². The summed E-state index contributed by atoms with van der Waals surface area (Å²) in [7, 11) is 0. The highest BCUT2D eigenvalue weighted by Crippen LogP contribution is 2.34. The smallest absolute Gasteiger partial charge is 0.273 e. The second kappa shape index (κ2) is 8.69. The molecule has 3 rings (SSSR count). The molecular weight excluding hydrogens is 405 g/mol. The molecule has 1 heterocycles. The van der Waals surface area contributed by atoms with Crippen molar-refractivity contribution in [1.82, 2.24) is 5.43 Å². The molecule has 1 aromatic heterocycles. The van der Waals surface area contributed by atoms with Gasteiger partial charge in [0.1, 0.15) is 11.5 Å². The van der Waals surface area contributed by atoms with Crippen LogP contribution >= 0.6 is 23.2 Å². The van der Waals surface area contributed by atoms with Gasteiger partial charge >= 0.3 is 0 Å². The van der Waals surface area contributed by atoms with E-state index in [1.165, 1.54) is 18.3 Å². The van der Waals surface area contributed by atoms with Crippen LogP contribution in [0.15, 0.2) is 64.1 Å². The van der Waals surface area contributed by atoms with Crippen LogP contribution in [0.1, 0.15) is 11.3 Å². The molecule has 0 atom stereocenters. The number of rotatable bonds is 6. The van der Waals surface area contributed by atoms with Crippen LogP contribution in [-0.4, -0.2) is 17.0 Å². The van der Waals surface area contributed by atoms with E-state index in [-0.39, 0.29) is 12.1 Å². The number of hydrazone groups is 1. The van der Waals surface area contributed by atoms with E-state index in [4.69, 9.17) is 27.6 Å². The van der Waals surface area contributed by atoms with Crippen molar-refractivity contribution in [2.75, 3.05) is 0 Å². The monoisotopic (exact) mass is 417 g/mol. The molecule has 1 N–H and O–H groups in total. The average molecular weight is 418 g/mol. The second-order valence-corrected chi connectivity index (χ2v) is 6.44. The first-order valence-electron chi connectivity index (χ1n) is 8.04. The maximum Gasteiger partial charge on any atom is 0.273 e. The Morgan fingerprint density at radius 3 is 2.71 bits per heavy atom. The summed E-state index contributed by atoms with van der Waals surface area (Å²) in [6.07, 6.45) is 1.15. The van der Waals surface area contributed by atoms with Crippen LogP contribution in [0.2, 0.25) is 10.0 Å². The van der Waals surface area contributed by atoms with Crippen molar-refractivity contribution in [1.29, 1.82) is 0 Å². The van der Waals surface area contributed by atoms with Gasteiger partial charge in [0.15, 0.2) is 0 Å². The first kappa shape index (κ1) is 19.6. The lowest BCUT2D eigenvalue weighted by Gasteiger charge is -2.02. The second-order valence-electron chi connectivity index (χ2n) is 5.66. The molecule has 0 unspecified atom stereocenters. The van der Waals surface area contributed by atoms with Gasteiger partial charge in [0.05, 0.1) is 27.6 Å². The highest BCUT2D eigenvalue weighted by Gasteiger charge is 2.15. The van der Waals surface area contributed by atoms with Crippen LogP contribution in [0.5, 0.6) is 0 Å². The molecule has 28 heavy (non-hydrogen) atoms. The van der Waals surface area contributed by atoms with Crippen molar-refractivity contribution >= 4 is 41.0 Å². The molecule has 2 aromatic carbocycles. The first-order valence-corrected chi connectivity index (χ1v) is 8.79. The molecule has 7 nitrogen and oxygen atoms in total. The summed E-state index contributed by atoms with van der Waals surface area (Å²) in [5.74, 6) is 0.396. The molecule has 142 valence electrons. The molecule has 0 aliphatic carbocycles. The zero-order valence-electron chi connectivity index (χ0n) is 14.3. The summed E-state index contributed by atoms with van der Waals surface area (Å²) < 4.78 is 5.62. The highest BCUT2D eigenvalue weighted by atomic mass is 35.5. The molecule has 0 aliphatic rings. The van der Waals surface area contributed by atoms with Crippen LogP contribution in [0, 0.1) is 10.1 Å². The Hall–Kier alpha value is -3.16. The minimum atomic E-state index is -0.531. The van der Waals surface area contributed by atoms with E-state index in [0.29, 0.717) is 32.7 Å². The van der Waals surface area contributed by atoms with Gasteiger partial charge in [-0.25, -0.2) is 5.43 Å². The topological polar surface area (TPSA) is 97.7 Å². The Balaban J connectivity index is 1.64. The normalized spacial score (nSPS) is 10.9. The Morgan fingerprint density at radius 1 is 1.14 bits per heavy atom. The predicted octanol–water partition coefficient (Wildman–Crippen LogP) is 4.85. The number of amides is 1. The molecule has 0 radical (unpaired) electrons. The molecule has 0 aliphatic heterocycles. The van der Waals surface area contributed by atoms with E-state index in [1.807, 2.05) is 0 Å². The molecule has 3 aromatic rings. The third-order valence-electron chi connectivity index (χ3n) is 3.76. The van der Waals surface area contributed by atoms with Crippen molar-refractivity contribution < 1.29 is 14.1 Å². The van der Waals surface area contributed by atoms with Gasteiger partial charge in [-0.2, -0.15) is 5.10 Å². The third kappa shape index (κ3) is 4.57. The zero-order valence-corrected chi connectivity index (χ0v) is 15.8. The highest BCUT2D eigenvalue weighted by molar-refractivity contribution is 6.43. The minimum Gasteiger partial charge on any atom is -0.455 e. The molecule has 9 heteroatoms. The van der Waals surface area contributed by atoms with Crippen LogP contribution in [0.3, 0.4) is 0 Å². The summed E-state index contributed by atoms with van der Waals surface area (Å²) in [5.41, 5.74) is 3.14. The fraction of sp³-hybridized carbons (Fsp3) is 0.0526. The Labute approximate surface area is 169 Å². The van der Waals surface area contributed by atoms with Gasteiger partial charge in [-0.3, -0.25) is 14.9 Å². The fourth-order valence-electron chi connectivity index (χ4n) is 2.48. The lowest BCUT2D eigenvalue weighted by molar-refractivity contribution is -0.385. The first-order chi connectivity index (χ1) is 13.5. The summed E-state index contributed by atoms with van der Waals surface area (Å²) in [6.45, 7) is 0. The van der Waals surface area contributed by atoms with Crippen molar-refractivity contribution in [3.8, 4) is 11.3 Å². The molecular formula is C19H13Cl2N3O4. The predicted molar refractivity (Wildman–Crippen MR) is 107 cm³/mol. The lowest BCUT2D eigenvalue weighted by Crippen LogP contribution is -2.20. The summed E-state index contributed by atoms with van der Waals surface area (Å²) >= 11 is 12.2. The SMILES string of the molecule is O=C(Cc1ccccc1[N+](=O)[O-])NN=Cc1ccc(-c2cccc(Cl)c2Cl)o1. The minimum absolute atomic E-state index is 0.115. The van der Waals surface area contributed by atoms with Crippen LogP contribution in [-0.2, 0) is 11.2 Å². The number of hydrogen-bond acceptors (Lipinski definition) is 5. The van der Waals surface area contributed by atoms with Crippen LogP contribution in [0.4, 0.5) is 5.69 Å². The van der Waals surface area contributed by atoms with Crippen LogP contribution < -0.4 is 5.43 Å². The number of nitrogens with zero attached hydrogens (tertiary/aromatic N) is 2. The fourth-order valence-corrected chi connectivity index (χ4v) is 2.87. The number of carbonyl (C=O) groups excluding carboxylic acids is 1. The van der Waals surface area contributed by atoms with Gasteiger partial charge in [0, 0.05) is 17.2 Å². The van der Waals surface area contributed by atoms with Gasteiger partial charge in [-0.15, -0.1) is 0 Å². The van der Waals surface area contributed by atoms with Crippen LogP contribution in [0.25, 0.3) is 11.3 Å². The van der Waals surface area contributed by atoms with Crippen molar-refractivity contribution in [3.05, 3.63) is 86.1 Å². The Bertz CT molecular complexity index is 1060. The maximum atomic E-state index is 12.0.